The van der Waals surface area contributed by atoms with E-state index in [1.54, 1.807) is 0 Å². The van der Waals surface area contributed by atoms with Gasteiger partial charge in [-0.15, -0.1) is 0 Å². The molecule has 5 aliphatic rings. The van der Waals surface area contributed by atoms with Gasteiger partial charge in [0.05, 0.1) is 0 Å². The predicted molar refractivity (Wildman–Crippen MR) is 127 cm³/mol. The molecule has 3 nitrogen and oxygen atoms in total. The molecule has 0 heterocycles. The van der Waals surface area contributed by atoms with E-state index < -0.39 is 5.60 Å². The van der Waals surface area contributed by atoms with Crippen molar-refractivity contribution in [1.29, 1.82) is 0 Å². The number of carbonyl (C=O) groups excluding carboxylic acids is 2. The third-order valence-corrected chi connectivity index (χ3v) is 12.2. The fourth-order valence-corrected chi connectivity index (χ4v) is 9.87. The highest BCUT2D eigenvalue weighted by Crippen LogP contribution is 2.74. The van der Waals surface area contributed by atoms with Crippen LogP contribution in [0.4, 0.5) is 0 Å². The van der Waals surface area contributed by atoms with Crippen LogP contribution in [0.5, 0.6) is 0 Å². The first-order valence-electron chi connectivity index (χ1n) is 13.1. The number of hydrogen-bond acceptors (Lipinski definition) is 3. The summed E-state index contributed by atoms with van der Waals surface area (Å²) in [5, 5.41) is 11.6. The van der Waals surface area contributed by atoms with Crippen molar-refractivity contribution in [2.24, 2.45) is 44.8 Å². The number of ketones is 2. The second-order valence-electron chi connectivity index (χ2n) is 14.4. The van der Waals surface area contributed by atoms with Crippen molar-refractivity contribution >= 4 is 11.6 Å². The molecule has 0 aromatic heterocycles. The predicted octanol–water partition coefficient (Wildman–Crippen LogP) is 6.28. The van der Waals surface area contributed by atoms with Gasteiger partial charge < -0.3 is 5.11 Å². The van der Waals surface area contributed by atoms with Crippen molar-refractivity contribution in [1.82, 2.24) is 0 Å². The highest BCUT2D eigenvalue weighted by atomic mass is 16.3. The molecule has 4 fully saturated rings. The lowest BCUT2D eigenvalue weighted by molar-refractivity contribution is -0.192. The molecule has 0 saturated heterocycles. The molecule has 0 spiro atoms. The highest BCUT2D eigenvalue weighted by Gasteiger charge is 2.69. The molecule has 0 aliphatic heterocycles. The molecule has 1 N–H and O–H groups in total. The fraction of sp³-hybridized carbons (Fsp3) is 0.862. The molecule has 178 valence electrons. The normalized spacial score (nSPS) is 51.6. The minimum absolute atomic E-state index is 0.0252. The quantitative estimate of drug-likeness (QED) is 0.451. The molecular formula is C29H44O3. The van der Waals surface area contributed by atoms with Crippen LogP contribution in [0.25, 0.3) is 0 Å². The van der Waals surface area contributed by atoms with Crippen LogP contribution in [0, 0.1) is 44.8 Å². The summed E-state index contributed by atoms with van der Waals surface area (Å²) in [6.07, 6.45) is 10.2. The Labute approximate surface area is 194 Å². The first-order chi connectivity index (χ1) is 14.6. The van der Waals surface area contributed by atoms with Crippen molar-refractivity contribution < 1.29 is 14.7 Å². The van der Waals surface area contributed by atoms with Crippen LogP contribution in [0.3, 0.4) is 0 Å². The molecule has 5 rings (SSSR count). The fourth-order valence-electron chi connectivity index (χ4n) is 9.87. The zero-order valence-corrected chi connectivity index (χ0v) is 21.4. The van der Waals surface area contributed by atoms with Crippen molar-refractivity contribution in [3.8, 4) is 0 Å². The first-order valence-corrected chi connectivity index (χ1v) is 13.1. The van der Waals surface area contributed by atoms with E-state index in [2.05, 4.69) is 54.5 Å². The van der Waals surface area contributed by atoms with Gasteiger partial charge in [0.25, 0.3) is 0 Å². The van der Waals surface area contributed by atoms with Gasteiger partial charge in [0, 0.05) is 29.6 Å². The molecule has 7 unspecified atom stereocenters. The number of aliphatic hydroxyl groups is 1. The van der Waals surface area contributed by atoms with E-state index in [0.29, 0.717) is 36.9 Å². The van der Waals surface area contributed by atoms with Crippen LogP contribution < -0.4 is 0 Å². The van der Waals surface area contributed by atoms with Crippen molar-refractivity contribution in [2.45, 2.75) is 112 Å². The minimum Gasteiger partial charge on any atom is -0.381 e. The van der Waals surface area contributed by atoms with Crippen molar-refractivity contribution in [3.05, 3.63) is 11.6 Å². The van der Waals surface area contributed by atoms with Crippen LogP contribution in [-0.4, -0.2) is 22.3 Å². The Morgan fingerprint density at radius 1 is 0.875 bits per heavy atom. The van der Waals surface area contributed by atoms with E-state index in [1.807, 2.05) is 0 Å². The lowest BCUT2D eigenvalue weighted by Crippen LogP contribution is -2.67. The van der Waals surface area contributed by atoms with Gasteiger partial charge in [-0.25, -0.2) is 0 Å². The van der Waals surface area contributed by atoms with E-state index in [4.69, 9.17) is 0 Å². The molecule has 0 aromatic carbocycles. The maximum Gasteiger partial charge on any atom is 0.165 e. The van der Waals surface area contributed by atoms with E-state index in [9.17, 15) is 14.7 Å². The van der Waals surface area contributed by atoms with Gasteiger partial charge >= 0.3 is 0 Å². The summed E-state index contributed by atoms with van der Waals surface area (Å²) < 4.78 is 0. The van der Waals surface area contributed by atoms with E-state index in [0.717, 1.165) is 38.5 Å². The first kappa shape index (κ1) is 22.8. The number of fused-ring (bicyclic) bond motifs is 7. The van der Waals surface area contributed by atoms with E-state index >= 15 is 0 Å². The Morgan fingerprint density at radius 3 is 2.25 bits per heavy atom. The van der Waals surface area contributed by atoms with Crippen LogP contribution in [-0.2, 0) is 9.59 Å². The zero-order valence-electron chi connectivity index (χ0n) is 21.4. The zero-order chi connectivity index (χ0) is 23.5. The Kier molecular flexibility index (Phi) is 4.54. The Balaban J connectivity index is 1.61. The molecule has 0 amide bonds. The Bertz CT molecular complexity index is 911. The summed E-state index contributed by atoms with van der Waals surface area (Å²) in [6.45, 7) is 16.2. The van der Waals surface area contributed by atoms with Gasteiger partial charge in [-0.1, -0.05) is 60.1 Å². The molecule has 7 atom stereocenters. The van der Waals surface area contributed by atoms with Gasteiger partial charge in [0.15, 0.2) is 5.78 Å². The molecule has 0 radical (unpaired) electrons. The standard InChI is InChI=1S/C29H44O3/c1-24(2)14-15-29(32)19(16-24)18-8-9-21-26(5)12-11-22(30)25(3,4)20(26)10-13-27(21,6)28(18,7)17-23(29)31/h8,19-21,32H,9-17H2,1-7H3. The number of allylic oxidation sites excluding steroid dienone is 1. The van der Waals surface area contributed by atoms with Gasteiger partial charge in [-0.3, -0.25) is 9.59 Å². The molecule has 0 bridgehead atoms. The maximum atomic E-state index is 13.6. The summed E-state index contributed by atoms with van der Waals surface area (Å²) in [4.78, 5) is 26.5. The topological polar surface area (TPSA) is 54.4 Å². The molecule has 5 aliphatic carbocycles. The number of rotatable bonds is 0. The molecule has 3 heteroatoms. The summed E-state index contributed by atoms with van der Waals surface area (Å²) in [6, 6.07) is 0. The van der Waals surface area contributed by atoms with Gasteiger partial charge in [0.2, 0.25) is 0 Å². The van der Waals surface area contributed by atoms with Crippen LogP contribution in [0.1, 0.15) is 106 Å². The van der Waals surface area contributed by atoms with E-state index in [1.165, 1.54) is 5.57 Å². The molecule has 32 heavy (non-hydrogen) atoms. The highest BCUT2D eigenvalue weighted by molar-refractivity contribution is 5.91. The van der Waals surface area contributed by atoms with Crippen molar-refractivity contribution in [2.75, 3.05) is 0 Å². The number of carbonyl (C=O) groups is 2. The van der Waals surface area contributed by atoms with Crippen LogP contribution in [0.2, 0.25) is 0 Å². The molecule has 0 aromatic rings. The average molecular weight is 441 g/mol. The second-order valence-corrected chi connectivity index (χ2v) is 14.4. The summed E-state index contributed by atoms with van der Waals surface area (Å²) in [5.74, 6) is 1.38. The lowest BCUT2D eigenvalue weighted by Gasteiger charge is -2.70. The van der Waals surface area contributed by atoms with E-state index in [-0.39, 0.29) is 38.8 Å². The number of hydrogen-bond donors (Lipinski definition) is 1. The monoisotopic (exact) mass is 440 g/mol. The van der Waals surface area contributed by atoms with Crippen molar-refractivity contribution in [3.63, 3.8) is 0 Å². The largest absolute Gasteiger partial charge is 0.381 e. The minimum atomic E-state index is -1.16. The molecular weight excluding hydrogens is 396 g/mol. The number of Topliss-reactive ketones (excluding diaryl/α,β-unsaturated/α-hetero) is 2. The Morgan fingerprint density at radius 2 is 1.56 bits per heavy atom. The molecule has 4 saturated carbocycles. The third-order valence-electron chi connectivity index (χ3n) is 12.2. The second kappa shape index (κ2) is 6.37. The smallest absolute Gasteiger partial charge is 0.165 e. The average Bonchev–Trinajstić information content (AvgIpc) is 2.68. The van der Waals surface area contributed by atoms with Gasteiger partial charge in [-0.05, 0) is 73.0 Å². The summed E-state index contributed by atoms with van der Waals surface area (Å²) in [5.41, 5.74) is 0.0802. The Hall–Kier alpha value is -0.960. The van der Waals surface area contributed by atoms with Crippen LogP contribution in [0.15, 0.2) is 11.6 Å². The maximum absolute atomic E-state index is 13.6. The van der Waals surface area contributed by atoms with Gasteiger partial charge in [-0.2, -0.15) is 0 Å². The third kappa shape index (κ3) is 2.58. The summed E-state index contributed by atoms with van der Waals surface area (Å²) in [7, 11) is 0. The van der Waals surface area contributed by atoms with Gasteiger partial charge in [0.1, 0.15) is 11.4 Å². The SMILES string of the molecule is CC1(C)CCC2(O)C(=O)CC3(C)C(=CCC4C5(C)CCC(=O)C(C)(C)C5CCC43C)C2C1. The van der Waals surface area contributed by atoms with Crippen LogP contribution >= 0.6 is 0 Å². The summed E-state index contributed by atoms with van der Waals surface area (Å²) >= 11 is 0. The lowest BCUT2D eigenvalue weighted by atomic mass is 9.34.